The summed E-state index contributed by atoms with van der Waals surface area (Å²) >= 11 is 0. The molecule has 4 rings (SSSR count). The summed E-state index contributed by atoms with van der Waals surface area (Å²) in [5.41, 5.74) is -0.116. The van der Waals surface area contributed by atoms with Crippen molar-refractivity contribution < 1.29 is 19.1 Å². The molecule has 2 amide bonds. The standard InChI is InChI=1S/C25H32N4O4/c1-17(18-11-7-6-8-12-18)29-22(30)21-20(23(31)33-3)26-16-28(21)15-25(29,2)24(32)27-19-13-9-4-5-10-14-19/h6-8,11-12,16-17,19H,4-5,9-10,13-15H2,1-3H3,(H,27,32)/t17-,25-/m0/s1. The Balaban J connectivity index is 1.74. The molecule has 0 unspecified atom stereocenters. The van der Waals surface area contributed by atoms with Crippen LogP contribution in [0.1, 0.15) is 85.0 Å². The first-order valence-electron chi connectivity index (χ1n) is 11.7. The minimum Gasteiger partial charge on any atom is -0.464 e. The molecule has 0 spiro atoms. The van der Waals surface area contributed by atoms with Gasteiger partial charge in [0.15, 0.2) is 5.69 Å². The van der Waals surface area contributed by atoms with Gasteiger partial charge >= 0.3 is 5.97 Å². The number of carbonyl (C=O) groups excluding carboxylic acids is 3. The number of amides is 2. The van der Waals surface area contributed by atoms with E-state index >= 15 is 0 Å². The van der Waals surface area contributed by atoms with Crippen molar-refractivity contribution in [3.05, 3.63) is 53.6 Å². The molecule has 1 fully saturated rings. The van der Waals surface area contributed by atoms with Crippen LogP contribution in [0.3, 0.4) is 0 Å². The number of hydrogen-bond donors (Lipinski definition) is 1. The van der Waals surface area contributed by atoms with Gasteiger partial charge in [0, 0.05) is 6.04 Å². The third-order valence-electron chi connectivity index (χ3n) is 7.00. The predicted molar refractivity (Wildman–Crippen MR) is 123 cm³/mol. The minimum atomic E-state index is -1.15. The lowest BCUT2D eigenvalue weighted by Gasteiger charge is -2.47. The second kappa shape index (κ2) is 9.37. The van der Waals surface area contributed by atoms with Gasteiger partial charge in [0.05, 0.1) is 26.0 Å². The van der Waals surface area contributed by atoms with E-state index in [1.807, 2.05) is 37.3 Å². The summed E-state index contributed by atoms with van der Waals surface area (Å²) in [6.45, 7) is 3.92. The summed E-state index contributed by atoms with van der Waals surface area (Å²) in [5, 5.41) is 3.24. The van der Waals surface area contributed by atoms with Gasteiger partial charge in [-0.05, 0) is 32.3 Å². The summed E-state index contributed by atoms with van der Waals surface area (Å²) in [5.74, 6) is -1.26. The first-order valence-corrected chi connectivity index (χ1v) is 11.7. The smallest absolute Gasteiger partial charge is 0.359 e. The zero-order valence-electron chi connectivity index (χ0n) is 19.5. The van der Waals surface area contributed by atoms with Crippen molar-refractivity contribution in [2.75, 3.05) is 7.11 Å². The second-order valence-corrected chi connectivity index (χ2v) is 9.26. The van der Waals surface area contributed by atoms with E-state index in [-0.39, 0.29) is 29.9 Å². The van der Waals surface area contributed by atoms with Crippen molar-refractivity contribution in [1.82, 2.24) is 19.8 Å². The zero-order valence-corrected chi connectivity index (χ0v) is 19.5. The summed E-state index contributed by atoms with van der Waals surface area (Å²) in [6, 6.07) is 9.33. The van der Waals surface area contributed by atoms with Crippen molar-refractivity contribution in [2.24, 2.45) is 0 Å². The van der Waals surface area contributed by atoms with Gasteiger partial charge in [-0.25, -0.2) is 9.78 Å². The van der Waals surface area contributed by atoms with Crippen LogP contribution >= 0.6 is 0 Å². The number of hydrogen-bond acceptors (Lipinski definition) is 5. The highest BCUT2D eigenvalue weighted by Gasteiger charge is 2.51. The number of carbonyl (C=O) groups is 3. The van der Waals surface area contributed by atoms with Gasteiger partial charge in [0.1, 0.15) is 11.2 Å². The number of imidazole rings is 1. The molecule has 2 aliphatic rings. The van der Waals surface area contributed by atoms with E-state index < -0.39 is 23.5 Å². The highest BCUT2D eigenvalue weighted by atomic mass is 16.5. The molecule has 2 atom stereocenters. The summed E-state index contributed by atoms with van der Waals surface area (Å²) in [7, 11) is 1.26. The highest BCUT2D eigenvalue weighted by Crippen LogP contribution is 2.36. The van der Waals surface area contributed by atoms with Crippen LogP contribution in [0, 0.1) is 0 Å². The van der Waals surface area contributed by atoms with Crippen LogP contribution < -0.4 is 5.32 Å². The van der Waals surface area contributed by atoms with E-state index in [9.17, 15) is 14.4 Å². The molecule has 1 saturated carbocycles. The molecule has 2 heterocycles. The molecular formula is C25H32N4O4. The van der Waals surface area contributed by atoms with E-state index in [0.29, 0.717) is 0 Å². The fourth-order valence-corrected chi connectivity index (χ4v) is 5.15. The van der Waals surface area contributed by atoms with E-state index in [4.69, 9.17) is 4.74 Å². The average Bonchev–Trinajstić information content (AvgIpc) is 3.07. The Kier molecular flexibility index (Phi) is 6.54. The monoisotopic (exact) mass is 452 g/mol. The fraction of sp³-hybridized carbons (Fsp3) is 0.520. The number of esters is 1. The quantitative estimate of drug-likeness (QED) is 0.554. The molecule has 0 bridgehead atoms. The molecule has 1 aromatic carbocycles. The number of fused-ring (bicyclic) bond motifs is 1. The molecule has 1 aliphatic heterocycles. The van der Waals surface area contributed by atoms with Crippen LogP contribution in [-0.2, 0) is 16.1 Å². The van der Waals surface area contributed by atoms with Crippen LogP contribution in [0.15, 0.2) is 36.7 Å². The van der Waals surface area contributed by atoms with Gasteiger partial charge < -0.3 is 19.5 Å². The van der Waals surface area contributed by atoms with E-state index in [0.717, 1.165) is 31.2 Å². The lowest BCUT2D eigenvalue weighted by molar-refractivity contribution is -0.135. The van der Waals surface area contributed by atoms with Crippen LogP contribution in [-0.4, -0.2) is 50.9 Å². The normalized spacial score (nSPS) is 22.3. The van der Waals surface area contributed by atoms with Crippen molar-refractivity contribution in [3.8, 4) is 0 Å². The van der Waals surface area contributed by atoms with Crippen molar-refractivity contribution in [2.45, 2.75) is 76.5 Å². The SMILES string of the molecule is COC(=O)c1ncn2c1C(=O)N([C@@H](C)c1ccccc1)[C@](C)(C(=O)NC1CCCCCC1)C2. The number of methoxy groups -OCH3 is 1. The molecular weight excluding hydrogens is 420 g/mol. The predicted octanol–water partition coefficient (Wildman–Crippen LogP) is 3.48. The topological polar surface area (TPSA) is 93.5 Å². The Bertz CT molecular complexity index is 1030. The first kappa shape index (κ1) is 23.0. The van der Waals surface area contributed by atoms with Gasteiger partial charge in [-0.1, -0.05) is 56.0 Å². The van der Waals surface area contributed by atoms with Crippen molar-refractivity contribution in [3.63, 3.8) is 0 Å². The Hall–Kier alpha value is -3.16. The maximum atomic E-state index is 13.9. The molecule has 0 saturated heterocycles. The summed E-state index contributed by atoms with van der Waals surface area (Å²) in [6.07, 6.45) is 7.92. The molecule has 176 valence electrons. The molecule has 2 aromatic rings. The molecule has 0 radical (unpaired) electrons. The van der Waals surface area contributed by atoms with Gasteiger partial charge in [0.25, 0.3) is 5.91 Å². The number of benzene rings is 1. The van der Waals surface area contributed by atoms with Crippen molar-refractivity contribution >= 4 is 17.8 Å². The van der Waals surface area contributed by atoms with Crippen LogP contribution in [0.5, 0.6) is 0 Å². The lowest BCUT2D eigenvalue weighted by Crippen LogP contribution is -2.65. The zero-order chi connectivity index (χ0) is 23.6. The Morgan fingerprint density at radius 3 is 2.45 bits per heavy atom. The van der Waals surface area contributed by atoms with Gasteiger partial charge in [0.2, 0.25) is 5.91 Å². The Morgan fingerprint density at radius 2 is 1.82 bits per heavy atom. The van der Waals surface area contributed by atoms with Crippen molar-refractivity contribution in [1.29, 1.82) is 0 Å². The average molecular weight is 453 g/mol. The fourth-order valence-electron chi connectivity index (χ4n) is 5.15. The number of rotatable bonds is 5. The highest BCUT2D eigenvalue weighted by molar-refractivity contribution is 6.06. The third kappa shape index (κ3) is 4.26. The van der Waals surface area contributed by atoms with E-state index in [1.165, 1.54) is 26.3 Å². The second-order valence-electron chi connectivity index (χ2n) is 9.26. The van der Waals surface area contributed by atoms with Crippen LogP contribution in [0.25, 0.3) is 0 Å². The minimum absolute atomic E-state index is 0.0287. The molecule has 1 N–H and O–H groups in total. The third-order valence-corrected chi connectivity index (χ3v) is 7.00. The largest absolute Gasteiger partial charge is 0.464 e. The van der Waals surface area contributed by atoms with Crippen LogP contribution in [0.2, 0.25) is 0 Å². The Morgan fingerprint density at radius 1 is 1.15 bits per heavy atom. The molecule has 8 heteroatoms. The molecule has 8 nitrogen and oxygen atoms in total. The molecule has 33 heavy (non-hydrogen) atoms. The number of nitrogens with zero attached hydrogens (tertiary/aromatic N) is 3. The van der Waals surface area contributed by atoms with E-state index in [1.54, 1.807) is 16.4 Å². The molecule has 1 aliphatic carbocycles. The summed E-state index contributed by atoms with van der Waals surface area (Å²) < 4.78 is 6.44. The summed E-state index contributed by atoms with van der Waals surface area (Å²) in [4.78, 5) is 45.7. The van der Waals surface area contributed by atoms with Crippen LogP contribution in [0.4, 0.5) is 0 Å². The van der Waals surface area contributed by atoms with Gasteiger partial charge in [-0.2, -0.15) is 0 Å². The number of aromatic nitrogens is 2. The molecule has 1 aromatic heterocycles. The number of ether oxygens (including phenoxy) is 1. The number of nitrogens with one attached hydrogen (secondary N) is 1. The maximum Gasteiger partial charge on any atom is 0.359 e. The van der Waals surface area contributed by atoms with E-state index in [2.05, 4.69) is 10.3 Å². The van der Waals surface area contributed by atoms with Gasteiger partial charge in [-0.3, -0.25) is 9.59 Å². The maximum absolute atomic E-state index is 13.9. The Labute approximate surface area is 194 Å². The first-order chi connectivity index (χ1) is 15.9. The lowest BCUT2D eigenvalue weighted by atomic mass is 9.90. The van der Waals surface area contributed by atoms with Gasteiger partial charge in [-0.15, -0.1) is 0 Å².